The van der Waals surface area contributed by atoms with Crippen LogP contribution in [0, 0.1) is 20.8 Å². The maximum atomic E-state index is 13.2. The Kier molecular flexibility index (Phi) is 6.88. The summed E-state index contributed by atoms with van der Waals surface area (Å²) in [5.74, 6) is -0.947. The highest BCUT2D eigenvalue weighted by atomic mass is 32.2. The van der Waals surface area contributed by atoms with Gasteiger partial charge in [-0.05, 0) is 72.1 Å². The average molecular weight is 531 g/mol. The van der Waals surface area contributed by atoms with Crippen LogP contribution in [0.5, 0.6) is 0 Å². The number of ether oxygens (including phenoxy) is 1. The highest BCUT2D eigenvalue weighted by Crippen LogP contribution is 2.31. The number of hydrogen-bond acceptors (Lipinski definition) is 9. The Morgan fingerprint density at radius 1 is 1.14 bits per heavy atom. The molecule has 0 atom stereocenters. The third kappa shape index (κ3) is 4.90. The lowest BCUT2D eigenvalue weighted by Crippen LogP contribution is -2.20. The van der Waals surface area contributed by atoms with Gasteiger partial charge in [-0.1, -0.05) is 6.07 Å². The van der Waals surface area contributed by atoms with Crippen molar-refractivity contribution >= 4 is 66.4 Å². The Morgan fingerprint density at radius 3 is 2.66 bits per heavy atom. The first-order chi connectivity index (χ1) is 16.6. The van der Waals surface area contributed by atoms with Crippen molar-refractivity contribution in [2.24, 2.45) is 0 Å². The van der Waals surface area contributed by atoms with Crippen molar-refractivity contribution in [3.8, 4) is 0 Å². The molecule has 0 saturated heterocycles. The molecule has 0 aliphatic rings. The van der Waals surface area contributed by atoms with Crippen LogP contribution in [0.3, 0.4) is 0 Å². The van der Waals surface area contributed by atoms with Gasteiger partial charge in [0, 0.05) is 11.9 Å². The number of aromatic nitrogens is 2. The van der Waals surface area contributed by atoms with Crippen molar-refractivity contribution in [2.45, 2.75) is 32.1 Å². The Balaban J connectivity index is 1.65. The van der Waals surface area contributed by atoms with Gasteiger partial charge < -0.3 is 10.1 Å². The van der Waals surface area contributed by atoms with Gasteiger partial charge in [-0.3, -0.25) is 14.3 Å². The minimum Gasteiger partial charge on any atom is -0.469 e. The number of carbonyl (C=O) groups excluding carboxylic acids is 2. The van der Waals surface area contributed by atoms with Gasteiger partial charge in [0.25, 0.3) is 15.9 Å². The number of amides is 1. The number of anilines is 2. The molecule has 0 bridgehead atoms. The molecule has 1 amide bonds. The number of hydrogen-bond donors (Lipinski definition) is 2. The second kappa shape index (κ2) is 9.72. The van der Waals surface area contributed by atoms with E-state index in [9.17, 15) is 18.0 Å². The minimum atomic E-state index is -4.07. The van der Waals surface area contributed by atoms with E-state index < -0.39 is 15.9 Å². The molecule has 12 heteroatoms. The van der Waals surface area contributed by atoms with E-state index in [0.717, 1.165) is 45.1 Å². The fourth-order valence-electron chi connectivity index (χ4n) is 3.82. The van der Waals surface area contributed by atoms with Crippen LogP contribution < -0.4 is 10.0 Å². The van der Waals surface area contributed by atoms with Gasteiger partial charge in [0.05, 0.1) is 30.8 Å². The molecular weight excluding hydrogens is 508 g/mol. The summed E-state index contributed by atoms with van der Waals surface area (Å²) in [4.78, 5) is 29.8. The number of carbonyl (C=O) groups is 2. The fraction of sp³-hybridized carbons (Fsp3) is 0.217. The van der Waals surface area contributed by atoms with E-state index in [4.69, 9.17) is 4.74 Å². The van der Waals surface area contributed by atoms with Crippen molar-refractivity contribution in [1.29, 1.82) is 0 Å². The molecule has 9 nitrogen and oxygen atoms in total. The number of thiophene rings is 1. The average Bonchev–Trinajstić information content (AvgIpc) is 3.49. The van der Waals surface area contributed by atoms with Gasteiger partial charge in [-0.2, -0.15) is 4.37 Å². The molecule has 0 spiro atoms. The van der Waals surface area contributed by atoms with Crippen LogP contribution in [0.4, 0.5) is 11.4 Å². The number of nitrogens with zero attached hydrogens (tertiary/aromatic N) is 2. The smallest absolute Gasteiger partial charge is 0.309 e. The monoisotopic (exact) mass is 530 g/mol. The summed E-state index contributed by atoms with van der Waals surface area (Å²) in [5, 5.41) is 4.98. The predicted octanol–water partition coefficient (Wildman–Crippen LogP) is 4.45. The minimum absolute atomic E-state index is 0.0418. The number of sulfonamides is 1. The third-order valence-electron chi connectivity index (χ3n) is 5.56. The van der Waals surface area contributed by atoms with Crippen molar-refractivity contribution in [3.05, 3.63) is 63.1 Å². The number of nitrogens with one attached hydrogen (secondary N) is 2. The first-order valence-corrected chi connectivity index (χ1v) is 13.5. The normalized spacial score (nSPS) is 11.4. The summed E-state index contributed by atoms with van der Waals surface area (Å²) in [5.41, 5.74) is 4.04. The molecule has 2 N–H and O–H groups in total. The molecular formula is C23H22N4O5S3. The summed E-state index contributed by atoms with van der Waals surface area (Å²) in [6, 6.07) is 4.81. The van der Waals surface area contributed by atoms with E-state index in [2.05, 4.69) is 19.4 Å². The molecule has 0 aliphatic carbocycles. The summed E-state index contributed by atoms with van der Waals surface area (Å²) < 4.78 is 37.8. The largest absolute Gasteiger partial charge is 0.469 e. The molecule has 4 rings (SSSR count). The Hall–Kier alpha value is -3.35. The molecule has 0 saturated carbocycles. The second-order valence-corrected chi connectivity index (χ2v) is 11.2. The summed E-state index contributed by atoms with van der Waals surface area (Å²) in [6.45, 7) is 5.54. The molecule has 1 aromatic carbocycles. The zero-order valence-corrected chi connectivity index (χ0v) is 21.8. The number of pyridine rings is 1. The molecule has 3 aromatic heterocycles. The zero-order valence-electron chi connectivity index (χ0n) is 19.3. The van der Waals surface area contributed by atoms with Crippen LogP contribution in [0.15, 0.2) is 40.9 Å². The van der Waals surface area contributed by atoms with E-state index in [-0.39, 0.29) is 22.2 Å². The molecule has 0 aliphatic heterocycles. The van der Waals surface area contributed by atoms with E-state index >= 15 is 0 Å². The van der Waals surface area contributed by atoms with E-state index in [1.54, 1.807) is 17.6 Å². The maximum Gasteiger partial charge on any atom is 0.309 e. The Bertz CT molecular complexity index is 1560. The lowest BCUT2D eigenvalue weighted by atomic mass is 9.95. The number of methoxy groups -OCH3 is 1. The highest BCUT2D eigenvalue weighted by Gasteiger charge is 2.26. The molecule has 3 heterocycles. The van der Waals surface area contributed by atoms with Gasteiger partial charge in [0.2, 0.25) is 0 Å². The third-order valence-corrected chi connectivity index (χ3v) is 8.72. The Labute approximate surface area is 210 Å². The predicted molar refractivity (Wildman–Crippen MR) is 137 cm³/mol. The molecule has 4 aromatic rings. The van der Waals surface area contributed by atoms with Crippen LogP contribution in [-0.2, 0) is 26.0 Å². The first-order valence-electron chi connectivity index (χ1n) is 10.4. The van der Waals surface area contributed by atoms with Crippen molar-refractivity contribution in [2.75, 3.05) is 17.1 Å². The van der Waals surface area contributed by atoms with Gasteiger partial charge in [0.15, 0.2) is 0 Å². The van der Waals surface area contributed by atoms with Gasteiger partial charge >= 0.3 is 5.97 Å². The second-order valence-electron chi connectivity index (χ2n) is 7.82. The lowest BCUT2D eigenvalue weighted by Gasteiger charge is -2.18. The SMILES string of the molecule is COC(=O)Cc1c(C)cc(C)c(NC(=O)c2sccc2S(=O)(=O)Nc2ccnc3sncc23)c1C. The first kappa shape index (κ1) is 24.8. The Morgan fingerprint density at radius 2 is 1.91 bits per heavy atom. The number of rotatable bonds is 7. The molecule has 0 radical (unpaired) electrons. The van der Waals surface area contributed by atoms with Crippen LogP contribution in [-0.4, -0.2) is 36.8 Å². The quantitative estimate of drug-likeness (QED) is 0.338. The highest BCUT2D eigenvalue weighted by molar-refractivity contribution is 7.93. The summed E-state index contributed by atoms with van der Waals surface area (Å²) >= 11 is 2.18. The number of esters is 1. The van der Waals surface area contributed by atoms with E-state index in [1.807, 2.05) is 26.8 Å². The standard InChI is InChI=1S/C23H22N4O5S3/c1-12-9-13(2)20(14(3)15(12)10-19(28)32-4)26-22(29)21-18(6-8-33-21)35(30,31)27-17-5-7-24-23-16(17)11-25-34-23/h5-9,11H,10H2,1-4H3,(H,24,27)(H,26,29). The van der Waals surface area contributed by atoms with Crippen LogP contribution in [0.2, 0.25) is 0 Å². The van der Waals surface area contributed by atoms with Crippen molar-refractivity contribution in [1.82, 2.24) is 9.36 Å². The van der Waals surface area contributed by atoms with Gasteiger partial charge in [0.1, 0.15) is 14.6 Å². The van der Waals surface area contributed by atoms with Crippen molar-refractivity contribution < 1.29 is 22.7 Å². The lowest BCUT2D eigenvalue weighted by molar-refractivity contribution is -0.139. The van der Waals surface area contributed by atoms with Gasteiger partial charge in [-0.25, -0.2) is 13.4 Å². The van der Waals surface area contributed by atoms with Crippen LogP contribution >= 0.6 is 22.9 Å². The molecule has 182 valence electrons. The summed E-state index contributed by atoms with van der Waals surface area (Å²) in [7, 11) is -2.75. The van der Waals surface area contributed by atoms with Crippen LogP contribution in [0.25, 0.3) is 10.2 Å². The van der Waals surface area contributed by atoms with Crippen LogP contribution in [0.1, 0.15) is 31.9 Å². The molecule has 35 heavy (non-hydrogen) atoms. The van der Waals surface area contributed by atoms with E-state index in [0.29, 0.717) is 21.6 Å². The number of aryl methyl sites for hydroxylation is 2. The summed E-state index contributed by atoms with van der Waals surface area (Å²) in [6.07, 6.45) is 3.10. The number of fused-ring (bicyclic) bond motifs is 1. The topological polar surface area (TPSA) is 127 Å². The zero-order chi connectivity index (χ0) is 25.3. The fourth-order valence-corrected chi connectivity index (χ4v) is 6.85. The van der Waals surface area contributed by atoms with E-state index in [1.165, 1.54) is 19.4 Å². The maximum absolute atomic E-state index is 13.2. The van der Waals surface area contributed by atoms with Gasteiger partial charge in [-0.15, -0.1) is 11.3 Å². The van der Waals surface area contributed by atoms with Crippen molar-refractivity contribution in [3.63, 3.8) is 0 Å². The molecule has 0 fully saturated rings. The number of benzene rings is 1. The molecule has 0 unspecified atom stereocenters.